The lowest BCUT2D eigenvalue weighted by atomic mass is 9.89. The molecule has 5 nitrogen and oxygen atoms in total. The van der Waals surface area contributed by atoms with E-state index in [1.54, 1.807) is 0 Å². The SMILES string of the molecule is CCCCCOc1cc(CCCC)c2c(c1)c1cc(OCCCCC)c(OCCCCC)cc1c1c(OCCCCC)c(OCCCCC)ccc21. The topological polar surface area (TPSA) is 46.2 Å². The highest BCUT2D eigenvalue weighted by atomic mass is 16.5. The van der Waals surface area contributed by atoms with Gasteiger partial charge in [0.2, 0.25) is 0 Å². The number of benzene rings is 4. The van der Waals surface area contributed by atoms with Gasteiger partial charge in [-0.1, -0.05) is 112 Å². The van der Waals surface area contributed by atoms with Crippen LogP contribution in [0.5, 0.6) is 28.7 Å². The van der Waals surface area contributed by atoms with E-state index >= 15 is 0 Å². The van der Waals surface area contributed by atoms with E-state index in [1.165, 1.54) is 34.6 Å². The molecule has 0 heterocycles. The molecule has 0 atom stereocenters. The average molecular weight is 715 g/mol. The van der Waals surface area contributed by atoms with Gasteiger partial charge in [-0.3, -0.25) is 0 Å². The fraction of sp³-hybridized carbons (Fsp3) is 0.617. The highest BCUT2D eigenvalue weighted by Crippen LogP contribution is 2.49. The number of hydrogen-bond donors (Lipinski definition) is 0. The van der Waals surface area contributed by atoms with Crippen LogP contribution in [0.4, 0.5) is 0 Å². The molecule has 0 amide bonds. The van der Waals surface area contributed by atoms with Crippen LogP contribution in [-0.2, 0) is 6.42 Å². The van der Waals surface area contributed by atoms with Crippen LogP contribution in [0.3, 0.4) is 0 Å². The van der Waals surface area contributed by atoms with Crippen molar-refractivity contribution in [3.63, 3.8) is 0 Å². The van der Waals surface area contributed by atoms with Crippen LogP contribution in [-0.4, -0.2) is 33.0 Å². The van der Waals surface area contributed by atoms with Crippen molar-refractivity contribution >= 4 is 32.3 Å². The molecule has 52 heavy (non-hydrogen) atoms. The Morgan fingerprint density at radius 1 is 0.365 bits per heavy atom. The van der Waals surface area contributed by atoms with Gasteiger partial charge in [-0.05, 0) is 114 Å². The molecular weight excluding hydrogens is 645 g/mol. The minimum atomic E-state index is 0.657. The minimum absolute atomic E-state index is 0.657. The maximum absolute atomic E-state index is 6.84. The summed E-state index contributed by atoms with van der Waals surface area (Å²) in [7, 11) is 0. The summed E-state index contributed by atoms with van der Waals surface area (Å²) in [6, 6.07) is 13.5. The first-order valence-electron chi connectivity index (χ1n) is 21.3. The van der Waals surface area contributed by atoms with Gasteiger partial charge in [0.15, 0.2) is 23.0 Å². The van der Waals surface area contributed by atoms with Gasteiger partial charge in [0.25, 0.3) is 0 Å². The second kappa shape index (κ2) is 23.4. The molecule has 4 aromatic rings. The number of aryl methyl sites for hydroxylation is 1. The fourth-order valence-electron chi connectivity index (χ4n) is 7.03. The molecule has 0 bridgehead atoms. The van der Waals surface area contributed by atoms with E-state index in [-0.39, 0.29) is 0 Å². The molecule has 0 aliphatic rings. The lowest BCUT2D eigenvalue weighted by Crippen LogP contribution is -2.05. The molecule has 0 spiro atoms. The third kappa shape index (κ3) is 11.6. The van der Waals surface area contributed by atoms with Crippen LogP contribution in [0.15, 0.2) is 36.4 Å². The molecule has 0 aliphatic heterocycles. The molecule has 0 unspecified atom stereocenters. The minimum Gasteiger partial charge on any atom is -0.494 e. The van der Waals surface area contributed by atoms with Crippen molar-refractivity contribution in [1.82, 2.24) is 0 Å². The molecule has 4 rings (SSSR count). The van der Waals surface area contributed by atoms with E-state index in [0.717, 1.165) is 154 Å². The Morgan fingerprint density at radius 2 is 0.827 bits per heavy atom. The summed E-state index contributed by atoms with van der Waals surface area (Å²) in [6.45, 7) is 16.9. The van der Waals surface area contributed by atoms with Crippen molar-refractivity contribution in [3.8, 4) is 28.7 Å². The van der Waals surface area contributed by atoms with Crippen LogP contribution in [0.25, 0.3) is 32.3 Å². The molecule has 0 fully saturated rings. The van der Waals surface area contributed by atoms with Crippen LogP contribution < -0.4 is 23.7 Å². The molecule has 0 radical (unpaired) electrons. The quantitative estimate of drug-likeness (QED) is 0.0433. The number of unbranched alkanes of at least 4 members (excludes halogenated alkanes) is 11. The van der Waals surface area contributed by atoms with Crippen molar-refractivity contribution in [3.05, 3.63) is 42.0 Å². The van der Waals surface area contributed by atoms with Crippen molar-refractivity contribution in [2.45, 2.75) is 157 Å². The number of fused-ring (bicyclic) bond motifs is 6. The highest BCUT2D eigenvalue weighted by molar-refractivity contribution is 6.28. The van der Waals surface area contributed by atoms with Gasteiger partial charge in [-0.2, -0.15) is 0 Å². The Balaban J connectivity index is 2.06. The van der Waals surface area contributed by atoms with Crippen molar-refractivity contribution in [2.75, 3.05) is 33.0 Å². The molecule has 0 aromatic heterocycles. The Morgan fingerprint density at radius 3 is 1.37 bits per heavy atom. The molecule has 0 N–H and O–H groups in total. The first-order valence-corrected chi connectivity index (χ1v) is 21.3. The molecule has 5 heteroatoms. The summed E-state index contributed by atoms with van der Waals surface area (Å²) in [5.74, 6) is 4.27. The first kappa shape index (κ1) is 41.4. The monoisotopic (exact) mass is 715 g/mol. The summed E-state index contributed by atoms with van der Waals surface area (Å²) in [4.78, 5) is 0. The Hall–Kier alpha value is -3.34. The number of hydrogen-bond acceptors (Lipinski definition) is 5. The van der Waals surface area contributed by atoms with E-state index in [4.69, 9.17) is 23.7 Å². The standard InChI is InChI=1S/C47H70O5/c1-7-13-19-27-48-37-32-36(24-18-12-6)45-38-25-26-42(49-28-20-14-8-2)47(52-31-23-17-11-5)46(38)41-35-44(51-30-22-16-10-4)43(50-29-21-15-9-3)34-39(41)40(45)33-37/h25-26,32-35H,7-24,27-31H2,1-6H3. The van der Waals surface area contributed by atoms with Crippen molar-refractivity contribution < 1.29 is 23.7 Å². The summed E-state index contributed by atoms with van der Waals surface area (Å²) >= 11 is 0. The molecular formula is C47H70O5. The predicted molar refractivity (Wildman–Crippen MR) is 223 cm³/mol. The third-order valence-electron chi connectivity index (χ3n) is 10.1. The van der Waals surface area contributed by atoms with Gasteiger partial charge in [-0.25, -0.2) is 0 Å². The smallest absolute Gasteiger partial charge is 0.169 e. The molecule has 0 saturated carbocycles. The largest absolute Gasteiger partial charge is 0.494 e. The van der Waals surface area contributed by atoms with Gasteiger partial charge in [0, 0.05) is 5.39 Å². The summed E-state index contributed by atoms with van der Waals surface area (Å²) in [5.41, 5.74) is 1.33. The molecule has 4 aromatic carbocycles. The Labute approximate surface area is 316 Å². The van der Waals surface area contributed by atoms with Crippen LogP contribution >= 0.6 is 0 Å². The fourth-order valence-corrected chi connectivity index (χ4v) is 7.03. The zero-order valence-electron chi connectivity index (χ0n) is 33.8. The predicted octanol–water partition coefficient (Wildman–Crippen LogP) is 14.3. The van der Waals surface area contributed by atoms with Gasteiger partial charge in [0.1, 0.15) is 5.75 Å². The lowest BCUT2D eigenvalue weighted by molar-refractivity contribution is 0.260. The normalized spacial score (nSPS) is 11.5. The van der Waals surface area contributed by atoms with Crippen LogP contribution in [0.2, 0.25) is 0 Å². The van der Waals surface area contributed by atoms with E-state index in [9.17, 15) is 0 Å². The van der Waals surface area contributed by atoms with E-state index in [2.05, 4.69) is 77.9 Å². The van der Waals surface area contributed by atoms with Crippen LogP contribution in [0, 0.1) is 0 Å². The van der Waals surface area contributed by atoms with Gasteiger partial charge in [0.05, 0.1) is 33.0 Å². The first-order chi connectivity index (χ1) is 25.6. The highest BCUT2D eigenvalue weighted by Gasteiger charge is 2.22. The molecule has 0 aliphatic carbocycles. The van der Waals surface area contributed by atoms with Crippen molar-refractivity contribution in [2.24, 2.45) is 0 Å². The summed E-state index contributed by atoms with van der Waals surface area (Å²) < 4.78 is 33.1. The summed E-state index contributed by atoms with van der Waals surface area (Å²) in [6.07, 6.45) is 19.9. The number of ether oxygens (including phenoxy) is 5. The maximum atomic E-state index is 6.84. The average Bonchev–Trinajstić information content (AvgIpc) is 3.16. The molecule has 288 valence electrons. The zero-order valence-corrected chi connectivity index (χ0v) is 33.8. The Bertz CT molecular complexity index is 1620. The maximum Gasteiger partial charge on any atom is 0.169 e. The van der Waals surface area contributed by atoms with E-state index in [1.807, 2.05) is 0 Å². The third-order valence-corrected chi connectivity index (χ3v) is 10.1. The van der Waals surface area contributed by atoms with Crippen LogP contribution in [0.1, 0.15) is 156 Å². The molecule has 0 saturated heterocycles. The lowest BCUT2D eigenvalue weighted by Gasteiger charge is -2.22. The summed E-state index contributed by atoms with van der Waals surface area (Å²) in [5, 5.41) is 7.05. The second-order valence-electron chi connectivity index (χ2n) is 14.5. The second-order valence-corrected chi connectivity index (χ2v) is 14.5. The zero-order chi connectivity index (χ0) is 37.0. The van der Waals surface area contributed by atoms with Gasteiger partial charge >= 0.3 is 0 Å². The van der Waals surface area contributed by atoms with Crippen molar-refractivity contribution in [1.29, 1.82) is 0 Å². The Kier molecular flexibility index (Phi) is 18.6. The van der Waals surface area contributed by atoms with Gasteiger partial charge in [-0.15, -0.1) is 0 Å². The van der Waals surface area contributed by atoms with Gasteiger partial charge < -0.3 is 23.7 Å². The van der Waals surface area contributed by atoms with E-state index in [0.29, 0.717) is 26.4 Å². The number of rotatable bonds is 28. The van der Waals surface area contributed by atoms with E-state index < -0.39 is 0 Å².